The Bertz CT molecular complexity index is 1660. The van der Waals surface area contributed by atoms with Crippen LogP contribution in [0.5, 0.6) is 0 Å². The first kappa shape index (κ1) is 23.3. The fourth-order valence-corrected chi connectivity index (χ4v) is 5.66. The second-order valence-corrected chi connectivity index (χ2v) is 11.1. The molecule has 2 heterocycles. The van der Waals surface area contributed by atoms with Gasteiger partial charge >= 0.3 is 0 Å². The Kier molecular flexibility index (Phi) is 5.77. The summed E-state index contributed by atoms with van der Waals surface area (Å²) in [4.78, 5) is 29.0. The highest BCUT2D eigenvalue weighted by molar-refractivity contribution is 7.91. The molecule has 0 saturated heterocycles. The van der Waals surface area contributed by atoms with Gasteiger partial charge in [-0.2, -0.15) is 0 Å². The topological polar surface area (TPSA) is 101 Å². The normalized spacial score (nSPS) is 13.8. The van der Waals surface area contributed by atoms with E-state index in [0.29, 0.717) is 29.3 Å². The number of hydrogen-bond donors (Lipinski definition) is 2. The molecule has 0 radical (unpaired) electrons. The maximum absolute atomic E-state index is 14.6. The lowest BCUT2D eigenvalue weighted by molar-refractivity contribution is 0.0974. The third kappa shape index (κ3) is 4.37. The van der Waals surface area contributed by atoms with Crippen LogP contribution in [0.3, 0.4) is 0 Å². The Balaban J connectivity index is 1.82. The molecule has 180 valence electrons. The zero-order valence-corrected chi connectivity index (χ0v) is 20.2. The third-order valence-corrected chi connectivity index (χ3v) is 8.09. The zero-order valence-electron chi connectivity index (χ0n) is 18.6. The Labute approximate surface area is 205 Å². The number of H-pyrrole nitrogens is 1. The minimum atomic E-state index is -3.89. The molecule has 5 rings (SSSR count). The van der Waals surface area contributed by atoms with E-state index < -0.39 is 32.6 Å². The molecule has 4 aromatic rings. The van der Waals surface area contributed by atoms with Crippen molar-refractivity contribution >= 4 is 38.4 Å². The monoisotopic (exact) mass is 513 g/mol. The molecular weight excluding hydrogens is 493 g/mol. The maximum atomic E-state index is 14.6. The number of pyridine rings is 1. The first-order valence-electron chi connectivity index (χ1n) is 11.0. The van der Waals surface area contributed by atoms with E-state index in [-0.39, 0.29) is 28.4 Å². The molecule has 0 bridgehead atoms. The van der Waals surface area contributed by atoms with Gasteiger partial charge in [0.1, 0.15) is 11.5 Å². The number of aryl methyl sites for hydroxylation is 1. The summed E-state index contributed by atoms with van der Waals surface area (Å²) in [6.07, 6.45) is 2.27. The average molecular weight is 514 g/mol. The highest BCUT2D eigenvalue weighted by Gasteiger charge is 2.38. The van der Waals surface area contributed by atoms with Gasteiger partial charge in [0.05, 0.1) is 22.4 Å². The summed E-state index contributed by atoms with van der Waals surface area (Å²) in [7, 11) is -3.89. The van der Waals surface area contributed by atoms with Gasteiger partial charge < -0.3 is 9.55 Å². The van der Waals surface area contributed by atoms with Crippen LogP contribution in [0.15, 0.2) is 59.5 Å². The number of benzene rings is 2. The lowest BCUT2D eigenvalue weighted by atomic mass is 10.0. The third-order valence-electron chi connectivity index (χ3n) is 6.06. The second kappa shape index (κ2) is 8.66. The summed E-state index contributed by atoms with van der Waals surface area (Å²) in [6.45, 7) is 1.80. The van der Waals surface area contributed by atoms with E-state index in [1.807, 2.05) is 13.0 Å². The highest BCUT2D eigenvalue weighted by atomic mass is 35.5. The van der Waals surface area contributed by atoms with Gasteiger partial charge in [0.25, 0.3) is 11.5 Å². The van der Waals surface area contributed by atoms with Crippen LogP contribution in [0.25, 0.3) is 22.0 Å². The van der Waals surface area contributed by atoms with E-state index in [4.69, 9.17) is 11.6 Å². The van der Waals surface area contributed by atoms with Gasteiger partial charge in [-0.3, -0.25) is 9.59 Å². The van der Waals surface area contributed by atoms with E-state index in [9.17, 15) is 22.4 Å². The largest absolute Gasteiger partial charge is 0.331 e. The van der Waals surface area contributed by atoms with Gasteiger partial charge in [0, 0.05) is 28.2 Å². The molecule has 10 heteroatoms. The lowest BCUT2D eigenvalue weighted by Gasteiger charge is -2.13. The van der Waals surface area contributed by atoms with Gasteiger partial charge in [-0.1, -0.05) is 41.4 Å². The minimum absolute atomic E-state index is 0.0586. The first-order valence-corrected chi connectivity index (χ1v) is 12.9. The fourth-order valence-electron chi connectivity index (χ4n) is 4.22. The van der Waals surface area contributed by atoms with Crippen LogP contribution in [-0.2, 0) is 16.6 Å². The van der Waals surface area contributed by atoms with Crippen molar-refractivity contribution < 1.29 is 17.6 Å². The number of fused-ring (bicyclic) bond motifs is 1. The summed E-state index contributed by atoms with van der Waals surface area (Å²) >= 11 is 6.17. The molecule has 1 fully saturated rings. The number of sulfonamides is 1. The molecule has 35 heavy (non-hydrogen) atoms. The second-order valence-electron chi connectivity index (χ2n) is 8.66. The van der Waals surface area contributed by atoms with Crippen molar-refractivity contribution in [3.05, 3.63) is 92.7 Å². The molecule has 7 nitrogen and oxygen atoms in total. The lowest BCUT2D eigenvalue weighted by Crippen LogP contribution is -2.35. The number of hydrogen-bond acceptors (Lipinski definition) is 4. The first-order chi connectivity index (χ1) is 16.7. The number of nitrogens with zero attached hydrogens (tertiary/aromatic N) is 1. The zero-order chi connectivity index (χ0) is 24.9. The van der Waals surface area contributed by atoms with E-state index in [1.165, 1.54) is 18.3 Å². The van der Waals surface area contributed by atoms with Crippen LogP contribution in [-0.4, -0.2) is 29.1 Å². The average Bonchev–Trinajstić information content (AvgIpc) is 3.61. The van der Waals surface area contributed by atoms with Crippen molar-refractivity contribution in [3.8, 4) is 11.1 Å². The van der Waals surface area contributed by atoms with Crippen molar-refractivity contribution in [1.82, 2.24) is 14.3 Å². The maximum Gasteiger partial charge on any atom is 0.282 e. The van der Waals surface area contributed by atoms with Crippen molar-refractivity contribution in [2.75, 3.05) is 0 Å². The summed E-state index contributed by atoms with van der Waals surface area (Å²) in [5.41, 5.74) is 1.48. The molecule has 2 aromatic heterocycles. The molecule has 1 aliphatic carbocycles. The molecule has 1 aliphatic rings. The molecule has 0 spiro atoms. The Morgan fingerprint density at radius 3 is 2.66 bits per heavy atom. The molecule has 2 aromatic carbocycles. The van der Waals surface area contributed by atoms with Crippen LogP contribution >= 0.6 is 11.6 Å². The Morgan fingerprint density at radius 2 is 1.94 bits per heavy atom. The van der Waals surface area contributed by atoms with Crippen molar-refractivity contribution in [3.63, 3.8) is 0 Å². The van der Waals surface area contributed by atoms with Gasteiger partial charge in [-0.15, -0.1) is 0 Å². The summed E-state index contributed by atoms with van der Waals surface area (Å²) in [5, 5.41) is 0.151. The SMILES string of the molecule is Cc1ccc2c(c1)c(-c1cc(Cl)c[nH]c1=O)c(C(=O)NS(=O)(=O)C1CC1)n2Cc1ccccc1F. The van der Waals surface area contributed by atoms with Crippen molar-refractivity contribution in [2.45, 2.75) is 31.6 Å². The number of aromatic nitrogens is 2. The van der Waals surface area contributed by atoms with Crippen LogP contribution in [0, 0.1) is 12.7 Å². The van der Waals surface area contributed by atoms with Gasteiger partial charge in [-0.05, 0) is 44.0 Å². The van der Waals surface area contributed by atoms with Crippen LogP contribution in [0.2, 0.25) is 5.02 Å². The number of aromatic amines is 1. The molecule has 2 N–H and O–H groups in total. The minimum Gasteiger partial charge on any atom is -0.331 e. The van der Waals surface area contributed by atoms with Crippen LogP contribution in [0.1, 0.15) is 34.5 Å². The molecule has 0 aliphatic heterocycles. The number of amides is 1. The Morgan fingerprint density at radius 1 is 1.20 bits per heavy atom. The number of rotatable bonds is 6. The van der Waals surface area contributed by atoms with E-state index >= 15 is 0 Å². The number of nitrogens with one attached hydrogen (secondary N) is 2. The molecule has 1 amide bonds. The smallest absolute Gasteiger partial charge is 0.282 e. The van der Waals surface area contributed by atoms with Gasteiger partial charge in [-0.25, -0.2) is 17.5 Å². The van der Waals surface area contributed by atoms with Gasteiger partial charge in [0.15, 0.2) is 0 Å². The molecule has 1 saturated carbocycles. The molecule has 0 atom stereocenters. The van der Waals surface area contributed by atoms with E-state index in [2.05, 4.69) is 9.71 Å². The fraction of sp³-hybridized carbons (Fsp3) is 0.200. The van der Waals surface area contributed by atoms with Crippen LogP contribution < -0.4 is 10.3 Å². The van der Waals surface area contributed by atoms with Crippen molar-refractivity contribution in [2.24, 2.45) is 0 Å². The predicted octanol–water partition coefficient (Wildman–Crippen LogP) is 4.37. The Hall–Kier alpha value is -3.43. The molecular formula is C25H21ClFN3O4S. The van der Waals surface area contributed by atoms with Crippen LogP contribution in [0.4, 0.5) is 4.39 Å². The predicted molar refractivity (Wildman–Crippen MR) is 133 cm³/mol. The van der Waals surface area contributed by atoms with E-state index in [1.54, 1.807) is 34.9 Å². The van der Waals surface area contributed by atoms with Crippen molar-refractivity contribution in [1.29, 1.82) is 0 Å². The van der Waals surface area contributed by atoms with E-state index in [0.717, 1.165) is 5.56 Å². The molecule has 0 unspecified atom stereocenters. The summed E-state index contributed by atoms with van der Waals surface area (Å²) < 4.78 is 43.6. The summed E-state index contributed by atoms with van der Waals surface area (Å²) in [5.74, 6) is -1.36. The standard InChI is InChI=1S/C25H21ClFN3O4S/c1-14-6-9-21-18(10-14)22(19-11-16(26)12-28-24(19)31)23(25(32)29-35(33,34)17-7-8-17)30(21)13-15-4-2-3-5-20(15)27/h2-6,9-12,17H,7-8,13H2,1H3,(H,28,31)(H,29,32). The quantitative estimate of drug-likeness (QED) is 0.400. The highest BCUT2D eigenvalue weighted by Crippen LogP contribution is 2.36. The number of carbonyl (C=O) groups excluding carboxylic acids is 1. The number of halogens is 2. The number of carbonyl (C=O) groups is 1. The summed E-state index contributed by atoms with van der Waals surface area (Å²) in [6, 6.07) is 13.0. The van der Waals surface area contributed by atoms with Gasteiger partial charge in [0.2, 0.25) is 10.0 Å².